The molecule has 1 aromatic carbocycles. The lowest BCUT2D eigenvalue weighted by Gasteiger charge is -2.26. The zero-order valence-electron chi connectivity index (χ0n) is 17.1. The maximum absolute atomic E-state index is 12.7. The number of sulfonamides is 1. The zero-order valence-corrected chi connectivity index (χ0v) is 18.8. The van der Waals surface area contributed by atoms with E-state index >= 15 is 0 Å². The largest absolute Gasteiger partial charge is 0.469 e. The van der Waals surface area contributed by atoms with Gasteiger partial charge in [-0.2, -0.15) is 4.31 Å². The van der Waals surface area contributed by atoms with Crippen molar-refractivity contribution in [1.29, 1.82) is 0 Å². The van der Waals surface area contributed by atoms with Crippen molar-refractivity contribution in [3.8, 4) is 11.4 Å². The number of ether oxygens (including phenoxy) is 1. The Hall–Kier alpha value is -2.47. The zero-order chi connectivity index (χ0) is 22.0. The molecular weight excluding hydrogens is 440 g/mol. The van der Waals surface area contributed by atoms with Gasteiger partial charge in [0.1, 0.15) is 5.76 Å². The van der Waals surface area contributed by atoms with Crippen LogP contribution in [-0.4, -0.2) is 65.3 Å². The fraction of sp³-hybridized carbons (Fsp3) is 0.350. The van der Waals surface area contributed by atoms with Gasteiger partial charge in [-0.15, -0.1) is 10.2 Å². The van der Waals surface area contributed by atoms with Crippen molar-refractivity contribution in [2.45, 2.75) is 17.0 Å². The number of furan rings is 1. The molecule has 0 N–H and O–H groups in total. The fourth-order valence-electron chi connectivity index (χ4n) is 3.25. The molecule has 3 heterocycles. The van der Waals surface area contributed by atoms with Crippen molar-refractivity contribution in [2.75, 3.05) is 32.1 Å². The Kier molecular flexibility index (Phi) is 6.28. The Labute approximate surface area is 184 Å². The van der Waals surface area contributed by atoms with Gasteiger partial charge in [-0.25, -0.2) is 8.42 Å². The first-order valence-corrected chi connectivity index (χ1v) is 12.1. The molecule has 3 aromatic rings. The standard InChI is InChI=1S/C20H22N4O5S2/c1-14-17(7-10-29-14)19-21-22-20(23(19)2)30-13-18(25)15-3-5-16(6-4-15)31(26,27)24-8-11-28-12-9-24/h3-7,10H,8-9,11-13H2,1-2H3. The smallest absolute Gasteiger partial charge is 0.243 e. The van der Waals surface area contributed by atoms with Gasteiger partial charge in [0.05, 0.1) is 35.7 Å². The normalized spacial score (nSPS) is 15.3. The first kappa shape index (κ1) is 21.8. The fourth-order valence-corrected chi connectivity index (χ4v) is 5.47. The summed E-state index contributed by atoms with van der Waals surface area (Å²) in [5, 5.41) is 8.96. The topological polar surface area (TPSA) is 108 Å². The van der Waals surface area contributed by atoms with E-state index in [9.17, 15) is 13.2 Å². The van der Waals surface area contributed by atoms with Crippen LogP contribution in [0.5, 0.6) is 0 Å². The lowest BCUT2D eigenvalue weighted by atomic mass is 10.1. The molecule has 0 saturated carbocycles. The minimum absolute atomic E-state index is 0.121. The van der Waals surface area contributed by atoms with E-state index in [1.165, 1.54) is 28.2 Å². The van der Waals surface area contributed by atoms with Gasteiger partial charge in [0, 0.05) is 25.7 Å². The van der Waals surface area contributed by atoms with Gasteiger partial charge in [0.2, 0.25) is 10.0 Å². The van der Waals surface area contributed by atoms with Crippen molar-refractivity contribution in [1.82, 2.24) is 19.1 Å². The molecule has 0 atom stereocenters. The van der Waals surface area contributed by atoms with E-state index in [0.29, 0.717) is 42.8 Å². The van der Waals surface area contributed by atoms with Crippen LogP contribution in [0.25, 0.3) is 11.4 Å². The molecule has 1 aliphatic rings. The van der Waals surface area contributed by atoms with Gasteiger partial charge in [-0.3, -0.25) is 4.79 Å². The van der Waals surface area contributed by atoms with Gasteiger partial charge in [0.25, 0.3) is 0 Å². The van der Waals surface area contributed by atoms with E-state index < -0.39 is 10.0 Å². The number of benzene rings is 1. The van der Waals surface area contributed by atoms with Crippen LogP contribution in [-0.2, 0) is 21.8 Å². The number of aromatic nitrogens is 3. The monoisotopic (exact) mass is 462 g/mol. The number of carbonyl (C=O) groups is 1. The highest BCUT2D eigenvalue weighted by atomic mass is 32.2. The predicted octanol–water partition coefficient (Wildman–Crippen LogP) is 2.38. The molecule has 164 valence electrons. The van der Waals surface area contributed by atoms with E-state index in [-0.39, 0.29) is 16.4 Å². The maximum atomic E-state index is 12.7. The Bertz CT molecular complexity index is 1180. The first-order chi connectivity index (χ1) is 14.9. The lowest BCUT2D eigenvalue weighted by Crippen LogP contribution is -2.40. The first-order valence-electron chi connectivity index (χ1n) is 9.66. The van der Waals surface area contributed by atoms with Crippen LogP contribution in [0.3, 0.4) is 0 Å². The van der Waals surface area contributed by atoms with E-state index in [1.54, 1.807) is 18.4 Å². The van der Waals surface area contributed by atoms with Gasteiger partial charge < -0.3 is 13.7 Å². The molecule has 1 saturated heterocycles. The number of hydrogen-bond acceptors (Lipinski definition) is 8. The number of carbonyl (C=O) groups excluding carboxylic acids is 1. The summed E-state index contributed by atoms with van der Waals surface area (Å²) in [5.41, 5.74) is 1.30. The molecule has 0 amide bonds. The van der Waals surface area contributed by atoms with Crippen LogP contribution < -0.4 is 0 Å². The summed E-state index contributed by atoms with van der Waals surface area (Å²) < 4.78 is 39.1. The van der Waals surface area contributed by atoms with Crippen LogP contribution in [0.1, 0.15) is 16.1 Å². The molecule has 9 nitrogen and oxygen atoms in total. The van der Waals surface area contributed by atoms with Gasteiger partial charge in [0.15, 0.2) is 16.8 Å². The lowest BCUT2D eigenvalue weighted by molar-refractivity contribution is 0.0730. The number of thioether (sulfide) groups is 1. The van der Waals surface area contributed by atoms with E-state index in [2.05, 4.69) is 10.2 Å². The van der Waals surface area contributed by atoms with Crippen molar-refractivity contribution in [3.63, 3.8) is 0 Å². The van der Waals surface area contributed by atoms with Gasteiger partial charge >= 0.3 is 0 Å². The van der Waals surface area contributed by atoms with Gasteiger partial charge in [-0.05, 0) is 25.1 Å². The number of hydrogen-bond donors (Lipinski definition) is 0. The van der Waals surface area contributed by atoms with Crippen LogP contribution in [0, 0.1) is 6.92 Å². The summed E-state index contributed by atoms with van der Waals surface area (Å²) in [6, 6.07) is 7.88. The quantitative estimate of drug-likeness (QED) is 0.389. The molecular formula is C20H22N4O5S2. The van der Waals surface area contributed by atoms with Crippen molar-refractivity contribution < 1.29 is 22.4 Å². The second-order valence-corrected chi connectivity index (χ2v) is 9.89. The molecule has 11 heteroatoms. The summed E-state index contributed by atoms with van der Waals surface area (Å²) in [6.07, 6.45) is 1.60. The third-order valence-electron chi connectivity index (χ3n) is 5.05. The summed E-state index contributed by atoms with van der Waals surface area (Å²) >= 11 is 1.28. The molecule has 0 radical (unpaired) electrons. The molecule has 0 bridgehead atoms. The predicted molar refractivity (Wildman–Crippen MR) is 115 cm³/mol. The van der Waals surface area contributed by atoms with Gasteiger partial charge in [-0.1, -0.05) is 23.9 Å². The van der Waals surface area contributed by atoms with Crippen molar-refractivity contribution in [2.24, 2.45) is 7.05 Å². The maximum Gasteiger partial charge on any atom is 0.243 e. The number of Topliss-reactive ketones (excluding diaryl/α,β-unsaturated/α-hetero) is 1. The van der Waals surface area contributed by atoms with Crippen LogP contribution in [0.4, 0.5) is 0 Å². The van der Waals surface area contributed by atoms with E-state index in [1.807, 2.05) is 24.6 Å². The molecule has 0 spiro atoms. The highest BCUT2D eigenvalue weighted by molar-refractivity contribution is 7.99. The Balaban J connectivity index is 1.42. The average Bonchev–Trinajstić information content (AvgIpc) is 3.37. The third kappa shape index (κ3) is 4.45. The number of nitrogens with zero attached hydrogens (tertiary/aromatic N) is 4. The molecule has 1 fully saturated rings. The summed E-state index contributed by atoms with van der Waals surface area (Å²) in [6.45, 7) is 3.28. The molecule has 0 aliphatic carbocycles. The van der Waals surface area contributed by atoms with Crippen molar-refractivity contribution in [3.05, 3.63) is 47.9 Å². The minimum Gasteiger partial charge on any atom is -0.469 e. The second kappa shape index (κ2) is 8.95. The summed E-state index contributed by atoms with van der Waals surface area (Å²) in [5.74, 6) is 1.45. The molecule has 2 aromatic heterocycles. The molecule has 4 rings (SSSR count). The third-order valence-corrected chi connectivity index (χ3v) is 7.98. The highest BCUT2D eigenvalue weighted by Gasteiger charge is 2.26. The summed E-state index contributed by atoms with van der Waals surface area (Å²) in [7, 11) is -1.75. The average molecular weight is 463 g/mol. The second-order valence-electron chi connectivity index (χ2n) is 7.01. The highest BCUT2D eigenvalue weighted by Crippen LogP contribution is 2.26. The van der Waals surface area contributed by atoms with E-state index in [0.717, 1.165) is 11.3 Å². The SMILES string of the molecule is Cc1occc1-c1nnc(SCC(=O)c2ccc(S(=O)(=O)N3CCOCC3)cc2)n1C. The minimum atomic E-state index is -3.58. The number of aryl methyl sites for hydroxylation is 1. The van der Waals surface area contributed by atoms with Crippen molar-refractivity contribution >= 4 is 27.6 Å². The number of rotatable bonds is 7. The Morgan fingerprint density at radius 1 is 1.13 bits per heavy atom. The Morgan fingerprint density at radius 2 is 1.84 bits per heavy atom. The number of ketones is 1. The van der Waals surface area contributed by atoms with Crippen LogP contribution in [0.2, 0.25) is 0 Å². The van der Waals surface area contributed by atoms with Crippen LogP contribution >= 0.6 is 11.8 Å². The molecule has 1 aliphatic heterocycles. The number of morpholine rings is 1. The molecule has 31 heavy (non-hydrogen) atoms. The molecule has 0 unspecified atom stereocenters. The summed E-state index contributed by atoms with van der Waals surface area (Å²) in [4.78, 5) is 12.8. The van der Waals surface area contributed by atoms with E-state index in [4.69, 9.17) is 9.15 Å². The Morgan fingerprint density at radius 3 is 2.48 bits per heavy atom. The van der Waals surface area contributed by atoms with Crippen LogP contribution in [0.15, 0.2) is 51.1 Å².